The molecule has 2 unspecified atom stereocenters. The molecule has 1 aliphatic rings. The molecule has 0 aromatic carbocycles. The summed E-state index contributed by atoms with van der Waals surface area (Å²) in [6.45, 7) is 0. The molecule has 0 aromatic heterocycles. The molecule has 0 saturated heterocycles. The van der Waals surface area contributed by atoms with Crippen LogP contribution in [0, 0.1) is 5.92 Å². The second-order valence-electron chi connectivity index (χ2n) is 2.44. The van der Waals surface area contributed by atoms with Gasteiger partial charge in [-0.3, -0.25) is 0 Å². The lowest BCUT2D eigenvalue weighted by Crippen LogP contribution is -2.35. The van der Waals surface area contributed by atoms with E-state index in [0.717, 1.165) is 0 Å². The molecule has 3 nitrogen and oxygen atoms in total. The Hall–Kier alpha value is -0.670. The van der Waals surface area contributed by atoms with Crippen molar-refractivity contribution in [2.45, 2.75) is 18.6 Å². The summed E-state index contributed by atoms with van der Waals surface area (Å²) in [4.78, 5) is 10.2. The summed E-state index contributed by atoms with van der Waals surface area (Å²) >= 11 is 0. The predicted octanol–water partition coefficient (Wildman–Crippen LogP) is -0.517. The fraction of sp³-hybridized carbons (Fsp3) is 0.571. The van der Waals surface area contributed by atoms with Crippen molar-refractivity contribution in [3.05, 3.63) is 12.2 Å². The number of hydrogen-bond donors (Lipinski definition) is 2. The van der Waals surface area contributed by atoms with Gasteiger partial charge < -0.3 is 15.0 Å². The van der Waals surface area contributed by atoms with Crippen molar-refractivity contribution >= 4 is 6.29 Å². The Morgan fingerprint density at radius 2 is 2.20 bits per heavy atom. The fourth-order valence-electron chi connectivity index (χ4n) is 1.01. The highest BCUT2D eigenvalue weighted by molar-refractivity contribution is 5.58. The van der Waals surface area contributed by atoms with Crippen molar-refractivity contribution in [3.8, 4) is 0 Å². The van der Waals surface area contributed by atoms with Crippen molar-refractivity contribution in [1.82, 2.24) is 0 Å². The van der Waals surface area contributed by atoms with Crippen molar-refractivity contribution in [2.75, 3.05) is 0 Å². The molecule has 2 N–H and O–H groups in total. The average molecular weight is 142 g/mol. The van der Waals surface area contributed by atoms with Gasteiger partial charge in [0.25, 0.3) is 0 Å². The molecule has 1 rings (SSSR count). The second-order valence-corrected chi connectivity index (χ2v) is 2.44. The quantitative estimate of drug-likeness (QED) is 0.382. The maximum absolute atomic E-state index is 10.2. The van der Waals surface area contributed by atoms with Gasteiger partial charge in [-0.1, -0.05) is 12.2 Å². The second kappa shape index (κ2) is 2.94. The third kappa shape index (κ3) is 1.25. The third-order valence-corrected chi connectivity index (χ3v) is 1.68. The Kier molecular flexibility index (Phi) is 2.19. The van der Waals surface area contributed by atoms with E-state index in [1.807, 2.05) is 0 Å². The summed E-state index contributed by atoms with van der Waals surface area (Å²) < 4.78 is 0. The Bertz CT molecular complexity index is 153. The highest BCUT2D eigenvalue weighted by atomic mass is 16.3. The number of carbonyl (C=O) groups is 1. The van der Waals surface area contributed by atoms with Crippen LogP contribution >= 0.6 is 0 Å². The van der Waals surface area contributed by atoms with E-state index in [0.29, 0.717) is 12.7 Å². The zero-order chi connectivity index (χ0) is 7.56. The van der Waals surface area contributed by atoms with Gasteiger partial charge in [0.2, 0.25) is 0 Å². The smallest absolute Gasteiger partial charge is 0.129 e. The standard InChI is InChI=1S/C7H10O3/c8-4-5-2-1-3-6(9)7(5)10/h1-2,4-7,9-10H,3H2/t5?,6-,7?/m0/s1. The minimum Gasteiger partial charge on any atom is -0.390 e. The summed E-state index contributed by atoms with van der Waals surface area (Å²) in [7, 11) is 0. The monoisotopic (exact) mass is 142 g/mol. The Balaban J connectivity index is 2.65. The molecular formula is C7H10O3. The van der Waals surface area contributed by atoms with E-state index in [9.17, 15) is 4.79 Å². The summed E-state index contributed by atoms with van der Waals surface area (Å²) in [6, 6.07) is 0. The van der Waals surface area contributed by atoms with E-state index in [1.165, 1.54) is 0 Å². The molecule has 3 atom stereocenters. The van der Waals surface area contributed by atoms with Crippen molar-refractivity contribution < 1.29 is 15.0 Å². The van der Waals surface area contributed by atoms with E-state index in [-0.39, 0.29) is 0 Å². The van der Waals surface area contributed by atoms with Gasteiger partial charge in [-0.2, -0.15) is 0 Å². The van der Waals surface area contributed by atoms with Gasteiger partial charge in [0, 0.05) is 0 Å². The summed E-state index contributed by atoms with van der Waals surface area (Å²) in [5.41, 5.74) is 0. The molecule has 10 heavy (non-hydrogen) atoms. The molecule has 0 aromatic rings. The lowest BCUT2D eigenvalue weighted by atomic mass is 9.92. The van der Waals surface area contributed by atoms with Crippen molar-refractivity contribution in [2.24, 2.45) is 5.92 Å². The molecular weight excluding hydrogens is 132 g/mol. The first-order valence-electron chi connectivity index (χ1n) is 3.24. The Labute approximate surface area is 59.0 Å². The van der Waals surface area contributed by atoms with Gasteiger partial charge in [-0.25, -0.2) is 0 Å². The lowest BCUT2D eigenvalue weighted by Gasteiger charge is -2.23. The predicted molar refractivity (Wildman–Crippen MR) is 35.3 cm³/mol. The molecule has 0 saturated carbocycles. The molecule has 0 bridgehead atoms. The maximum Gasteiger partial charge on any atom is 0.129 e. The van der Waals surface area contributed by atoms with Crippen LogP contribution in [0.3, 0.4) is 0 Å². The molecule has 0 amide bonds. The zero-order valence-corrected chi connectivity index (χ0v) is 5.47. The number of aldehydes is 1. The van der Waals surface area contributed by atoms with E-state index >= 15 is 0 Å². The first-order valence-corrected chi connectivity index (χ1v) is 3.24. The highest BCUT2D eigenvalue weighted by Crippen LogP contribution is 2.16. The molecule has 0 heterocycles. The number of carbonyl (C=O) groups excluding carboxylic acids is 1. The van der Waals surface area contributed by atoms with Crippen LogP contribution in [0.25, 0.3) is 0 Å². The number of rotatable bonds is 1. The van der Waals surface area contributed by atoms with Crippen LogP contribution in [0.2, 0.25) is 0 Å². The third-order valence-electron chi connectivity index (χ3n) is 1.68. The number of hydrogen-bond acceptors (Lipinski definition) is 3. The van der Waals surface area contributed by atoms with Gasteiger partial charge in [-0.15, -0.1) is 0 Å². The van der Waals surface area contributed by atoms with Crippen LogP contribution in [0.1, 0.15) is 6.42 Å². The highest BCUT2D eigenvalue weighted by Gasteiger charge is 2.25. The summed E-state index contributed by atoms with van der Waals surface area (Å²) in [6.07, 6.45) is 2.71. The van der Waals surface area contributed by atoms with E-state index in [4.69, 9.17) is 10.2 Å². The molecule has 56 valence electrons. The summed E-state index contributed by atoms with van der Waals surface area (Å²) in [5, 5.41) is 18.1. The minimum absolute atomic E-state index is 0.436. The van der Waals surface area contributed by atoms with Crippen LogP contribution in [0.15, 0.2) is 12.2 Å². The minimum atomic E-state index is -0.914. The van der Waals surface area contributed by atoms with Crippen LogP contribution in [0.5, 0.6) is 0 Å². The van der Waals surface area contributed by atoms with Gasteiger partial charge in [0.05, 0.1) is 18.1 Å². The van der Waals surface area contributed by atoms with Crippen LogP contribution in [0.4, 0.5) is 0 Å². The molecule has 0 fully saturated rings. The Morgan fingerprint density at radius 3 is 2.70 bits per heavy atom. The normalized spacial score (nSPS) is 39.6. The van der Waals surface area contributed by atoms with Gasteiger partial charge >= 0.3 is 0 Å². The van der Waals surface area contributed by atoms with Gasteiger partial charge in [-0.05, 0) is 6.42 Å². The lowest BCUT2D eigenvalue weighted by molar-refractivity contribution is -0.115. The van der Waals surface area contributed by atoms with Crippen LogP contribution < -0.4 is 0 Å². The number of aliphatic hydroxyl groups excluding tert-OH is 2. The van der Waals surface area contributed by atoms with E-state index < -0.39 is 18.1 Å². The first-order chi connectivity index (χ1) is 4.75. The SMILES string of the molecule is O=CC1C=CC[C@H](O)C1O. The topological polar surface area (TPSA) is 57.5 Å². The van der Waals surface area contributed by atoms with E-state index in [2.05, 4.69) is 0 Å². The van der Waals surface area contributed by atoms with Crippen molar-refractivity contribution in [1.29, 1.82) is 0 Å². The molecule has 1 aliphatic carbocycles. The zero-order valence-electron chi connectivity index (χ0n) is 5.47. The molecule has 0 aliphatic heterocycles. The average Bonchev–Trinajstić information content (AvgIpc) is 1.95. The molecule has 0 spiro atoms. The number of aliphatic hydroxyl groups is 2. The summed E-state index contributed by atoms with van der Waals surface area (Å²) in [5.74, 6) is -0.524. The maximum atomic E-state index is 10.2. The van der Waals surface area contributed by atoms with Gasteiger partial charge in [0.15, 0.2) is 0 Å². The first kappa shape index (κ1) is 7.44. The van der Waals surface area contributed by atoms with E-state index in [1.54, 1.807) is 12.2 Å². The fourth-order valence-corrected chi connectivity index (χ4v) is 1.01. The van der Waals surface area contributed by atoms with Crippen LogP contribution in [-0.4, -0.2) is 28.7 Å². The van der Waals surface area contributed by atoms with Crippen molar-refractivity contribution in [3.63, 3.8) is 0 Å². The molecule has 0 radical (unpaired) electrons. The van der Waals surface area contributed by atoms with Gasteiger partial charge in [0.1, 0.15) is 6.29 Å². The largest absolute Gasteiger partial charge is 0.390 e. The van der Waals surface area contributed by atoms with Crippen LogP contribution in [-0.2, 0) is 4.79 Å². The Morgan fingerprint density at radius 1 is 1.50 bits per heavy atom. The molecule has 3 heteroatoms.